The molecule has 0 radical (unpaired) electrons. The van der Waals surface area contributed by atoms with E-state index in [-0.39, 0.29) is 17.6 Å². The third-order valence-electron chi connectivity index (χ3n) is 6.36. The van der Waals surface area contributed by atoms with Gasteiger partial charge >= 0.3 is 0 Å². The summed E-state index contributed by atoms with van der Waals surface area (Å²) in [7, 11) is 0. The fraction of sp³-hybridized carbons (Fsp3) is 0.455. The monoisotopic (exact) mass is 421 g/mol. The van der Waals surface area contributed by atoms with Crippen molar-refractivity contribution in [3.05, 3.63) is 71.3 Å². The van der Waals surface area contributed by atoms with Gasteiger partial charge in [-0.2, -0.15) is 0 Å². The van der Waals surface area contributed by atoms with E-state index in [0.29, 0.717) is 19.4 Å². The van der Waals surface area contributed by atoms with Gasteiger partial charge in [-0.15, -0.1) is 0 Å². The minimum atomic E-state index is -1.43. The zero-order chi connectivity index (χ0) is 21.5. The molecular formula is C22H25F2NO5. The Morgan fingerprint density at radius 2 is 1.27 bits per heavy atom. The van der Waals surface area contributed by atoms with Crippen molar-refractivity contribution >= 4 is 0 Å². The van der Waals surface area contributed by atoms with Crippen molar-refractivity contribution in [2.75, 3.05) is 19.8 Å². The molecule has 3 fully saturated rings. The lowest BCUT2D eigenvalue weighted by molar-refractivity contribution is -0.403. The smallest absolute Gasteiger partial charge is 0.178 e. The zero-order valence-electron chi connectivity index (χ0n) is 16.3. The first-order chi connectivity index (χ1) is 14.4. The molecule has 2 aromatic rings. The Balaban J connectivity index is 1.52. The third kappa shape index (κ3) is 3.15. The maximum atomic E-state index is 13.4. The first-order valence-electron chi connectivity index (χ1n) is 9.94. The molecular weight excluding hydrogens is 396 g/mol. The number of halogens is 2. The van der Waals surface area contributed by atoms with Crippen LogP contribution in [0.3, 0.4) is 0 Å². The summed E-state index contributed by atoms with van der Waals surface area (Å²) in [5.74, 6) is -0.816. The molecule has 2 bridgehead atoms. The van der Waals surface area contributed by atoms with E-state index >= 15 is 0 Å². The lowest BCUT2D eigenvalue weighted by Crippen LogP contribution is -2.75. The molecule has 6 nitrogen and oxygen atoms in total. The fourth-order valence-corrected chi connectivity index (χ4v) is 4.80. The van der Waals surface area contributed by atoms with Crippen LogP contribution in [-0.2, 0) is 4.74 Å². The second-order valence-corrected chi connectivity index (χ2v) is 7.95. The maximum Gasteiger partial charge on any atom is 0.178 e. The number of nitrogens with zero attached hydrogens (tertiary/aromatic N) is 1. The molecule has 0 unspecified atom stereocenters. The summed E-state index contributed by atoms with van der Waals surface area (Å²) in [6, 6.07) is 12.3. The highest BCUT2D eigenvalue weighted by Gasteiger charge is 2.78. The Hall–Kier alpha value is -1.94. The second kappa shape index (κ2) is 7.96. The van der Waals surface area contributed by atoms with Crippen LogP contribution in [0.4, 0.5) is 8.78 Å². The van der Waals surface area contributed by atoms with Crippen LogP contribution in [-0.4, -0.2) is 68.7 Å². The number of aliphatic hydroxyl groups excluding tert-OH is 4. The molecule has 0 aliphatic carbocycles. The number of ether oxygens (including phenoxy) is 1. The Bertz CT molecular complexity index is 813. The van der Waals surface area contributed by atoms with Crippen molar-refractivity contribution in [1.82, 2.24) is 4.90 Å². The third-order valence-corrected chi connectivity index (χ3v) is 6.36. The van der Waals surface area contributed by atoms with Gasteiger partial charge in [-0.1, -0.05) is 24.3 Å². The number of hydrogen-bond donors (Lipinski definition) is 4. The van der Waals surface area contributed by atoms with Crippen molar-refractivity contribution in [3.63, 3.8) is 0 Å². The summed E-state index contributed by atoms with van der Waals surface area (Å²) < 4.78 is 32.3. The molecule has 4 N–H and O–H groups in total. The predicted molar refractivity (Wildman–Crippen MR) is 103 cm³/mol. The Morgan fingerprint density at radius 3 is 1.67 bits per heavy atom. The first kappa shape index (κ1) is 21.3. The standard InChI is InChI=1S/C22H25F2NO5/c23-16-7-3-14(4-8-16)18(15-5-9-17(24)10-6-15)2-1-11-25-21(12-26)19(28)20(29)22(25,13-27)30-21/h3-10,18-20,26-29H,1-2,11-13H2/t19-,20-,21-,22+/m0/s1. The molecule has 0 spiro atoms. The van der Waals surface area contributed by atoms with E-state index in [0.717, 1.165) is 11.1 Å². The number of rotatable bonds is 8. The van der Waals surface area contributed by atoms with Gasteiger partial charge in [0.1, 0.15) is 23.8 Å². The summed E-state index contributed by atoms with van der Waals surface area (Å²) >= 11 is 0. The van der Waals surface area contributed by atoms with Gasteiger partial charge in [0.15, 0.2) is 11.4 Å². The number of fused-ring (bicyclic) bond motifs is 1. The van der Waals surface area contributed by atoms with Crippen LogP contribution in [0.15, 0.2) is 48.5 Å². The highest BCUT2D eigenvalue weighted by atomic mass is 19.1. The van der Waals surface area contributed by atoms with Gasteiger partial charge in [-0.25, -0.2) is 13.7 Å². The van der Waals surface area contributed by atoms with Gasteiger partial charge in [-0.05, 0) is 48.2 Å². The summed E-state index contributed by atoms with van der Waals surface area (Å²) in [6.45, 7) is -0.702. The Labute approximate surface area is 173 Å². The molecule has 30 heavy (non-hydrogen) atoms. The van der Waals surface area contributed by atoms with Gasteiger partial charge in [0.05, 0.1) is 13.2 Å². The molecule has 8 heteroatoms. The van der Waals surface area contributed by atoms with E-state index in [1.54, 1.807) is 29.2 Å². The van der Waals surface area contributed by atoms with Crippen molar-refractivity contribution in [2.45, 2.75) is 42.4 Å². The molecule has 3 heterocycles. The minimum absolute atomic E-state index is 0.129. The molecule has 3 aliphatic heterocycles. The van der Waals surface area contributed by atoms with E-state index in [1.807, 2.05) is 0 Å². The summed E-state index contributed by atoms with van der Waals surface area (Å²) in [4.78, 5) is 1.61. The van der Waals surface area contributed by atoms with Gasteiger partial charge in [0.2, 0.25) is 0 Å². The van der Waals surface area contributed by atoms with Crippen LogP contribution in [0.1, 0.15) is 29.9 Å². The molecule has 2 aromatic carbocycles. The minimum Gasteiger partial charge on any atom is -0.392 e. The lowest BCUT2D eigenvalue weighted by Gasteiger charge is -2.56. The highest BCUT2D eigenvalue weighted by Crippen LogP contribution is 2.55. The average molecular weight is 421 g/mol. The summed E-state index contributed by atoms with van der Waals surface area (Å²) in [5.41, 5.74) is -1.11. The summed E-state index contributed by atoms with van der Waals surface area (Å²) in [5, 5.41) is 40.1. The zero-order valence-corrected chi connectivity index (χ0v) is 16.3. The average Bonchev–Trinajstić information content (AvgIpc) is 3.07. The second-order valence-electron chi connectivity index (χ2n) is 7.95. The normalized spacial score (nSPS) is 30.6. The molecule has 3 aliphatic rings. The van der Waals surface area contributed by atoms with Crippen LogP contribution in [0.2, 0.25) is 0 Å². The van der Waals surface area contributed by atoms with Crippen molar-refractivity contribution < 1.29 is 33.9 Å². The van der Waals surface area contributed by atoms with E-state index in [9.17, 15) is 29.2 Å². The summed E-state index contributed by atoms with van der Waals surface area (Å²) in [6.07, 6.45) is -1.51. The first-order valence-corrected chi connectivity index (χ1v) is 9.94. The Kier molecular flexibility index (Phi) is 5.65. The molecule has 0 amide bonds. The van der Waals surface area contributed by atoms with Crippen molar-refractivity contribution in [3.8, 4) is 0 Å². The Morgan fingerprint density at radius 1 is 0.833 bits per heavy atom. The van der Waals surface area contributed by atoms with Crippen molar-refractivity contribution in [1.29, 1.82) is 0 Å². The van der Waals surface area contributed by atoms with Crippen LogP contribution in [0.5, 0.6) is 0 Å². The van der Waals surface area contributed by atoms with E-state index in [2.05, 4.69) is 0 Å². The largest absolute Gasteiger partial charge is 0.392 e. The van der Waals surface area contributed by atoms with Gasteiger partial charge in [-0.3, -0.25) is 0 Å². The molecule has 0 aromatic heterocycles. The van der Waals surface area contributed by atoms with Crippen LogP contribution in [0.25, 0.3) is 0 Å². The quantitative estimate of drug-likeness (QED) is 0.514. The van der Waals surface area contributed by atoms with Crippen LogP contribution >= 0.6 is 0 Å². The molecule has 0 saturated carbocycles. The molecule has 4 atom stereocenters. The number of hydrogen-bond acceptors (Lipinski definition) is 6. The highest BCUT2D eigenvalue weighted by molar-refractivity contribution is 5.33. The van der Waals surface area contributed by atoms with Crippen molar-refractivity contribution in [2.24, 2.45) is 0 Å². The van der Waals surface area contributed by atoms with Gasteiger partial charge in [0.25, 0.3) is 0 Å². The molecule has 5 rings (SSSR count). The van der Waals surface area contributed by atoms with Crippen LogP contribution < -0.4 is 0 Å². The number of benzene rings is 2. The fourth-order valence-electron chi connectivity index (χ4n) is 4.80. The van der Waals surface area contributed by atoms with E-state index in [1.165, 1.54) is 24.3 Å². The molecule has 3 saturated heterocycles. The lowest BCUT2D eigenvalue weighted by atomic mass is 9.87. The molecule has 162 valence electrons. The number of aliphatic hydroxyl groups is 4. The van der Waals surface area contributed by atoms with Gasteiger partial charge < -0.3 is 25.2 Å². The topological polar surface area (TPSA) is 93.4 Å². The van der Waals surface area contributed by atoms with E-state index < -0.39 is 36.9 Å². The van der Waals surface area contributed by atoms with E-state index in [4.69, 9.17) is 4.74 Å². The van der Waals surface area contributed by atoms with Gasteiger partial charge in [0, 0.05) is 12.5 Å². The maximum absolute atomic E-state index is 13.4. The van der Waals surface area contributed by atoms with Crippen LogP contribution in [0, 0.1) is 11.6 Å². The SMILES string of the molecule is OC[C@]12O[C@](CO)([C@@H](O)[C@@H]1O)N2CCCC(c1ccc(F)cc1)c1ccc(F)cc1. The predicted octanol–water partition coefficient (Wildman–Crippen LogP) is 1.32.